The van der Waals surface area contributed by atoms with Crippen LogP contribution >= 0.6 is 24.8 Å². The van der Waals surface area contributed by atoms with Crippen molar-refractivity contribution in [2.24, 2.45) is 11.7 Å². The molecule has 4 aliphatic rings. The topological polar surface area (TPSA) is 114 Å². The zero-order valence-electron chi connectivity index (χ0n) is 23.7. The Kier molecular flexibility index (Phi) is 11.2. The SMILES string of the molecule is Cl.Cl.NC1CCC(Nc2nc(NC3CCN(C(=O)CCC4CCCC4)CC3)c3ncn(C4CCCC4)c3n2)CC1. The summed E-state index contributed by atoms with van der Waals surface area (Å²) in [5.41, 5.74) is 7.94. The highest BCUT2D eigenvalue weighted by Crippen LogP contribution is 2.34. The van der Waals surface area contributed by atoms with Gasteiger partial charge in [0.15, 0.2) is 17.0 Å². The van der Waals surface area contributed by atoms with Crippen molar-refractivity contribution in [2.75, 3.05) is 23.7 Å². The highest BCUT2D eigenvalue weighted by atomic mass is 35.5. The second-order valence-electron chi connectivity index (χ2n) is 12.4. The van der Waals surface area contributed by atoms with Gasteiger partial charge in [0, 0.05) is 43.7 Å². The van der Waals surface area contributed by atoms with Gasteiger partial charge in [-0.05, 0) is 63.7 Å². The number of rotatable bonds is 8. The van der Waals surface area contributed by atoms with E-state index in [0.717, 1.165) is 87.4 Å². The number of nitrogens with zero attached hydrogens (tertiary/aromatic N) is 5. The van der Waals surface area contributed by atoms with E-state index in [4.69, 9.17) is 20.7 Å². The van der Waals surface area contributed by atoms with E-state index in [1.165, 1.54) is 51.4 Å². The second-order valence-corrected chi connectivity index (χ2v) is 12.4. The molecule has 1 amide bonds. The summed E-state index contributed by atoms with van der Waals surface area (Å²) < 4.78 is 2.28. The van der Waals surface area contributed by atoms with Crippen molar-refractivity contribution >= 4 is 53.7 Å². The molecule has 1 saturated heterocycles. The standard InChI is InChI=1S/C29H46N8O.2ClH/c30-21-10-12-22(13-11-21)33-29-34-27(26-28(35-29)37(19-31-26)24-7-3-4-8-24)32-23-15-17-36(18-16-23)25(38)14-9-20-5-1-2-6-20;;/h19-24H,1-18,30H2,(H2,32,33,34,35);2*1H. The van der Waals surface area contributed by atoms with E-state index in [0.29, 0.717) is 30.0 Å². The number of anilines is 2. The van der Waals surface area contributed by atoms with Crippen LogP contribution in [0.25, 0.3) is 11.2 Å². The number of piperidine rings is 1. The van der Waals surface area contributed by atoms with Crippen molar-refractivity contribution in [1.29, 1.82) is 0 Å². The summed E-state index contributed by atoms with van der Waals surface area (Å²) >= 11 is 0. The van der Waals surface area contributed by atoms with Gasteiger partial charge < -0.3 is 25.8 Å². The van der Waals surface area contributed by atoms with Gasteiger partial charge in [0.2, 0.25) is 11.9 Å². The van der Waals surface area contributed by atoms with E-state index < -0.39 is 0 Å². The van der Waals surface area contributed by atoms with Crippen molar-refractivity contribution in [1.82, 2.24) is 24.4 Å². The van der Waals surface area contributed by atoms with Crippen LogP contribution in [0.3, 0.4) is 0 Å². The molecule has 40 heavy (non-hydrogen) atoms. The molecule has 0 aromatic carbocycles. The highest BCUT2D eigenvalue weighted by molar-refractivity contribution is 5.86. The molecule has 0 atom stereocenters. The van der Waals surface area contributed by atoms with E-state index in [2.05, 4.69) is 20.1 Å². The Hall–Kier alpha value is -1.84. The smallest absolute Gasteiger partial charge is 0.227 e. The molecule has 0 unspecified atom stereocenters. The van der Waals surface area contributed by atoms with Crippen LogP contribution in [0.1, 0.15) is 109 Å². The first-order valence-electron chi connectivity index (χ1n) is 15.4. The van der Waals surface area contributed by atoms with E-state index in [-0.39, 0.29) is 30.9 Å². The van der Waals surface area contributed by atoms with Crippen LogP contribution in [0.4, 0.5) is 11.8 Å². The third kappa shape index (κ3) is 7.32. The van der Waals surface area contributed by atoms with Gasteiger partial charge in [-0.1, -0.05) is 38.5 Å². The third-order valence-corrected chi connectivity index (χ3v) is 9.67. The van der Waals surface area contributed by atoms with Crippen molar-refractivity contribution < 1.29 is 4.79 Å². The monoisotopic (exact) mass is 594 g/mol. The molecule has 3 saturated carbocycles. The van der Waals surface area contributed by atoms with Crippen molar-refractivity contribution in [2.45, 2.75) is 127 Å². The minimum atomic E-state index is 0. The number of hydrogen-bond acceptors (Lipinski definition) is 7. The molecule has 0 spiro atoms. The molecule has 9 nitrogen and oxygen atoms in total. The molecule has 0 radical (unpaired) electrons. The molecule has 11 heteroatoms. The number of amides is 1. The van der Waals surface area contributed by atoms with Gasteiger partial charge in [0.1, 0.15) is 0 Å². The second kappa shape index (κ2) is 14.4. The molecule has 3 heterocycles. The molecule has 4 fully saturated rings. The van der Waals surface area contributed by atoms with Crippen LogP contribution < -0.4 is 16.4 Å². The van der Waals surface area contributed by atoms with Gasteiger partial charge in [-0.3, -0.25) is 4.79 Å². The van der Waals surface area contributed by atoms with Crippen LogP contribution in [0.15, 0.2) is 6.33 Å². The molecule has 2 aromatic rings. The number of nitrogens with two attached hydrogens (primary N) is 1. The number of aromatic nitrogens is 4. The number of nitrogens with one attached hydrogen (secondary N) is 2. The maximum absolute atomic E-state index is 12.8. The van der Waals surface area contributed by atoms with Crippen LogP contribution in [0.2, 0.25) is 0 Å². The fraction of sp³-hybridized carbons (Fsp3) is 0.793. The number of imidazole rings is 1. The summed E-state index contributed by atoms with van der Waals surface area (Å²) in [6.07, 6.45) is 20.1. The molecule has 4 N–H and O–H groups in total. The number of carbonyl (C=O) groups excluding carboxylic acids is 1. The lowest BCUT2D eigenvalue weighted by atomic mass is 9.92. The molecule has 6 rings (SSSR count). The summed E-state index contributed by atoms with van der Waals surface area (Å²) in [5.74, 6) is 2.64. The minimum absolute atomic E-state index is 0. The van der Waals surface area contributed by atoms with E-state index in [1.54, 1.807) is 0 Å². The molecular weight excluding hydrogens is 547 g/mol. The normalized spacial score (nSPS) is 24.6. The average molecular weight is 596 g/mol. The lowest BCUT2D eigenvalue weighted by Gasteiger charge is -2.33. The maximum atomic E-state index is 12.8. The average Bonchev–Trinajstić information content (AvgIpc) is 3.71. The van der Waals surface area contributed by atoms with E-state index in [1.807, 2.05) is 6.33 Å². The van der Waals surface area contributed by atoms with Gasteiger partial charge >= 0.3 is 0 Å². The van der Waals surface area contributed by atoms with Crippen LogP contribution in [0.5, 0.6) is 0 Å². The highest BCUT2D eigenvalue weighted by Gasteiger charge is 2.27. The van der Waals surface area contributed by atoms with Gasteiger partial charge in [0.05, 0.1) is 6.33 Å². The first-order chi connectivity index (χ1) is 18.6. The van der Waals surface area contributed by atoms with E-state index in [9.17, 15) is 4.79 Å². The predicted molar refractivity (Wildman–Crippen MR) is 166 cm³/mol. The molecule has 3 aliphatic carbocycles. The zero-order chi connectivity index (χ0) is 25.9. The molecule has 2 aromatic heterocycles. The molecule has 1 aliphatic heterocycles. The lowest BCUT2D eigenvalue weighted by Crippen LogP contribution is -2.42. The first-order valence-corrected chi connectivity index (χ1v) is 15.4. The van der Waals surface area contributed by atoms with Gasteiger partial charge in [-0.2, -0.15) is 9.97 Å². The van der Waals surface area contributed by atoms with Crippen LogP contribution in [-0.4, -0.2) is 61.5 Å². The maximum Gasteiger partial charge on any atom is 0.227 e. The summed E-state index contributed by atoms with van der Waals surface area (Å²) in [6, 6.07) is 1.44. The van der Waals surface area contributed by atoms with Gasteiger partial charge in [-0.15, -0.1) is 24.8 Å². The summed E-state index contributed by atoms with van der Waals surface area (Å²) in [6.45, 7) is 1.64. The zero-order valence-corrected chi connectivity index (χ0v) is 25.4. The summed E-state index contributed by atoms with van der Waals surface area (Å²) in [7, 11) is 0. The number of hydrogen-bond donors (Lipinski definition) is 3. The number of likely N-dealkylation sites (tertiary alicyclic amines) is 1. The Morgan fingerprint density at radius 3 is 2.20 bits per heavy atom. The fourth-order valence-electron chi connectivity index (χ4n) is 7.23. The van der Waals surface area contributed by atoms with Crippen molar-refractivity contribution in [3.8, 4) is 0 Å². The fourth-order valence-corrected chi connectivity index (χ4v) is 7.23. The molecule has 0 bridgehead atoms. The first kappa shape index (κ1) is 31.1. The minimum Gasteiger partial charge on any atom is -0.365 e. The van der Waals surface area contributed by atoms with Crippen molar-refractivity contribution in [3.05, 3.63) is 6.33 Å². The largest absolute Gasteiger partial charge is 0.365 e. The number of carbonyl (C=O) groups is 1. The molecule has 224 valence electrons. The third-order valence-electron chi connectivity index (χ3n) is 9.67. The van der Waals surface area contributed by atoms with Crippen LogP contribution in [0, 0.1) is 5.92 Å². The lowest BCUT2D eigenvalue weighted by molar-refractivity contribution is -0.132. The molecular formula is C29H48Cl2N8O. The quantitative estimate of drug-likeness (QED) is 0.351. The summed E-state index contributed by atoms with van der Waals surface area (Å²) in [4.78, 5) is 29.7. The Morgan fingerprint density at radius 2 is 1.50 bits per heavy atom. The van der Waals surface area contributed by atoms with Crippen molar-refractivity contribution in [3.63, 3.8) is 0 Å². The number of halogens is 2. The summed E-state index contributed by atoms with van der Waals surface area (Å²) in [5, 5.41) is 7.35. The van der Waals surface area contributed by atoms with Gasteiger partial charge in [-0.25, -0.2) is 4.98 Å². The van der Waals surface area contributed by atoms with Crippen LogP contribution in [-0.2, 0) is 4.79 Å². The van der Waals surface area contributed by atoms with E-state index >= 15 is 0 Å². The Labute approximate surface area is 251 Å². The number of fused-ring (bicyclic) bond motifs is 1. The predicted octanol–water partition coefficient (Wildman–Crippen LogP) is 5.84. The Balaban J connectivity index is 0.00000185. The van der Waals surface area contributed by atoms with Gasteiger partial charge in [0.25, 0.3) is 0 Å². The Morgan fingerprint density at radius 1 is 0.850 bits per heavy atom. The Bertz CT molecular complexity index is 1090.